The second kappa shape index (κ2) is 31.5. The van der Waals surface area contributed by atoms with Crippen molar-refractivity contribution in [3.05, 3.63) is 24.3 Å². The molecular formula is C38H72NO8P. The maximum Gasteiger partial charge on any atom is 0.306 e. The van der Waals surface area contributed by atoms with Crippen LogP contribution >= 0.6 is 7.82 Å². The minimum absolute atomic E-state index is 0.0341. The number of phosphoric ester groups is 1. The number of carbonyl (C=O) groups is 2. The maximum atomic E-state index is 12.6. The molecule has 10 heteroatoms. The van der Waals surface area contributed by atoms with Crippen LogP contribution in [0.15, 0.2) is 24.3 Å². The molecule has 0 saturated heterocycles. The largest absolute Gasteiger partial charge is 0.756 e. The molecule has 0 saturated carbocycles. The van der Waals surface area contributed by atoms with Crippen LogP contribution < -0.4 is 4.89 Å². The third-order valence-electron chi connectivity index (χ3n) is 7.94. The van der Waals surface area contributed by atoms with Crippen LogP contribution in [0.3, 0.4) is 0 Å². The normalized spacial score (nSPS) is 14.0. The van der Waals surface area contributed by atoms with Crippen molar-refractivity contribution in [2.24, 2.45) is 0 Å². The summed E-state index contributed by atoms with van der Waals surface area (Å²) in [6.45, 7) is 4.13. The Bertz CT molecular complexity index is 886. The summed E-state index contributed by atoms with van der Waals surface area (Å²) in [5.74, 6) is -0.867. The number of hydrogen-bond donors (Lipinski definition) is 0. The van der Waals surface area contributed by atoms with E-state index in [0.717, 1.165) is 70.6 Å². The third-order valence-corrected chi connectivity index (χ3v) is 8.91. The Morgan fingerprint density at radius 3 is 1.62 bits per heavy atom. The van der Waals surface area contributed by atoms with Crippen LogP contribution in [-0.2, 0) is 32.7 Å². The molecular weight excluding hydrogens is 629 g/mol. The van der Waals surface area contributed by atoms with Crippen LogP contribution in [0, 0.1) is 0 Å². The first-order valence-electron chi connectivity index (χ1n) is 19.0. The summed E-state index contributed by atoms with van der Waals surface area (Å²) in [6.07, 6.45) is 30.6. The van der Waals surface area contributed by atoms with Gasteiger partial charge in [-0.1, -0.05) is 109 Å². The van der Waals surface area contributed by atoms with E-state index in [0.29, 0.717) is 17.4 Å². The van der Waals surface area contributed by atoms with Crippen molar-refractivity contribution >= 4 is 19.8 Å². The molecule has 0 aliphatic heterocycles. The zero-order chi connectivity index (χ0) is 35.8. The van der Waals surface area contributed by atoms with Gasteiger partial charge in [-0.2, -0.15) is 0 Å². The zero-order valence-electron chi connectivity index (χ0n) is 31.4. The number of phosphoric acid groups is 1. The molecule has 0 rings (SSSR count). The Labute approximate surface area is 294 Å². The van der Waals surface area contributed by atoms with E-state index in [1.807, 2.05) is 21.1 Å². The van der Waals surface area contributed by atoms with Crippen LogP contribution in [0.2, 0.25) is 0 Å². The van der Waals surface area contributed by atoms with Crippen LogP contribution in [0.5, 0.6) is 0 Å². The van der Waals surface area contributed by atoms with Crippen molar-refractivity contribution in [3.8, 4) is 0 Å². The van der Waals surface area contributed by atoms with E-state index < -0.39 is 32.5 Å². The van der Waals surface area contributed by atoms with Gasteiger partial charge in [0.05, 0.1) is 27.7 Å². The maximum absolute atomic E-state index is 12.6. The van der Waals surface area contributed by atoms with Crippen molar-refractivity contribution < 1.29 is 42.1 Å². The van der Waals surface area contributed by atoms with Crippen molar-refractivity contribution in [2.75, 3.05) is 47.5 Å². The van der Waals surface area contributed by atoms with E-state index >= 15 is 0 Å². The minimum Gasteiger partial charge on any atom is -0.756 e. The van der Waals surface area contributed by atoms with E-state index in [-0.39, 0.29) is 26.1 Å². The van der Waals surface area contributed by atoms with Gasteiger partial charge in [0.15, 0.2) is 6.10 Å². The number of allylic oxidation sites excluding steroid dienone is 4. The lowest BCUT2D eigenvalue weighted by atomic mass is 10.1. The summed E-state index contributed by atoms with van der Waals surface area (Å²) in [5.41, 5.74) is 0. The van der Waals surface area contributed by atoms with Gasteiger partial charge >= 0.3 is 11.9 Å². The average molecular weight is 702 g/mol. The highest BCUT2D eigenvalue weighted by molar-refractivity contribution is 7.45. The van der Waals surface area contributed by atoms with Gasteiger partial charge in [0.2, 0.25) is 0 Å². The zero-order valence-corrected chi connectivity index (χ0v) is 32.3. The number of hydrogen-bond acceptors (Lipinski definition) is 8. The minimum atomic E-state index is -4.62. The fourth-order valence-electron chi connectivity index (χ4n) is 4.86. The highest BCUT2D eigenvalue weighted by Crippen LogP contribution is 2.38. The Balaban J connectivity index is 4.49. The number of quaternary nitrogens is 1. The monoisotopic (exact) mass is 701 g/mol. The standard InChI is InChI=1S/C38H72NO8P/c1-6-8-10-12-14-16-18-19-21-23-25-27-29-31-38(41)47-36(35-46-48(42,43)45-33-32-39(3,4)5)34-44-37(40)30-28-26-24-22-20-17-15-13-11-9-7-2/h13,15,19,21,36H,6-12,14,16-18,20,22-35H2,1-5H3/b15-13+,21-19+/t36-/m1/s1. The molecule has 0 bridgehead atoms. The number of esters is 2. The lowest BCUT2D eigenvalue weighted by Crippen LogP contribution is -2.37. The molecule has 0 amide bonds. The third kappa shape index (κ3) is 34.4. The second-order valence-corrected chi connectivity index (χ2v) is 15.3. The first-order chi connectivity index (χ1) is 23.0. The predicted octanol–water partition coefficient (Wildman–Crippen LogP) is 9.38. The Hall–Kier alpha value is -1.51. The molecule has 0 heterocycles. The highest BCUT2D eigenvalue weighted by atomic mass is 31.2. The number of rotatable bonds is 34. The van der Waals surface area contributed by atoms with Gasteiger partial charge in [0, 0.05) is 12.8 Å². The molecule has 0 aliphatic carbocycles. The fraction of sp³-hybridized carbons (Fsp3) is 0.842. The number of carbonyl (C=O) groups excluding carboxylic acids is 2. The molecule has 9 nitrogen and oxygen atoms in total. The van der Waals surface area contributed by atoms with E-state index in [9.17, 15) is 19.0 Å². The highest BCUT2D eigenvalue weighted by Gasteiger charge is 2.21. The van der Waals surface area contributed by atoms with Gasteiger partial charge in [-0.25, -0.2) is 0 Å². The first-order valence-corrected chi connectivity index (χ1v) is 20.5. The molecule has 1 unspecified atom stereocenters. The number of nitrogens with zero attached hydrogens (tertiary/aromatic N) is 1. The summed E-state index contributed by atoms with van der Waals surface area (Å²) >= 11 is 0. The number of likely N-dealkylation sites (N-methyl/N-ethyl adjacent to an activating group) is 1. The summed E-state index contributed by atoms with van der Waals surface area (Å²) in [5, 5.41) is 0. The second-order valence-electron chi connectivity index (χ2n) is 13.9. The lowest BCUT2D eigenvalue weighted by Gasteiger charge is -2.28. The molecule has 0 aromatic rings. The predicted molar refractivity (Wildman–Crippen MR) is 194 cm³/mol. The Kier molecular flexibility index (Phi) is 30.5. The van der Waals surface area contributed by atoms with Gasteiger partial charge in [-0.3, -0.25) is 14.2 Å². The molecule has 0 radical (unpaired) electrons. The molecule has 0 spiro atoms. The van der Waals surface area contributed by atoms with Gasteiger partial charge in [0.1, 0.15) is 19.8 Å². The number of ether oxygens (including phenoxy) is 2. The molecule has 0 aromatic carbocycles. The summed E-state index contributed by atoms with van der Waals surface area (Å²) < 4.78 is 33.7. The quantitative estimate of drug-likeness (QED) is 0.0215. The molecule has 282 valence electrons. The fourth-order valence-corrected chi connectivity index (χ4v) is 5.59. The Morgan fingerprint density at radius 1 is 0.625 bits per heavy atom. The number of unbranched alkanes of at least 4 members (excludes halogenated alkanes) is 16. The van der Waals surface area contributed by atoms with E-state index in [2.05, 4.69) is 38.2 Å². The Morgan fingerprint density at radius 2 is 1.08 bits per heavy atom. The van der Waals surface area contributed by atoms with Gasteiger partial charge < -0.3 is 27.9 Å². The molecule has 48 heavy (non-hydrogen) atoms. The van der Waals surface area contributed by atoms with E-state index in [1.54, 1.807) is 0 Å². The molecule has 0 N–H and O–H groups in total. The van der Waals surface area contributed by atoms with Crippen LogP contribution in [-0.4, -0.2) is 70.0 Å². The molecule has 2 atom stereocenters. The average Bonchev–Trinajstić information content (AvgIpc) is 3.02. The van der Waals surface area contributed by atoms with Crippen molar-refractivity contribution in [3.63, 3.8) is 0 Å². The van der Waals surface area contributed by atoms with Gasteiger partial charge in [0.25, 0.3) is 7.82 Å². The van der Waals surface area contributed by atoms with Crippen molar-refractivity contribution in [2.45, 2.75) is 161 Å². The summed E-state index contributed by atoms with van der Waals surface area (Å²) in [4.78, 5) is 37.3. The molecule has 0 aliphatic rings. The summed E-state index contributed by atoms with van der Waals surface area (Å²) in [6, 6.07) is 0. The smallest absolute Gasteiger partial charge is 0.306 e. The van der Waals surface area contributed by atoms with Crippen LogP contribution in [0.25, 0.3) is 0 Å². The lowest BCUT2D eigenvalue weighted by molar-refractivity contribution is -0.870. The molecule has 0 aromatic heterocycles. The van der Waals surface area contributed by atoms with Gasteiger partial charge in [-0.15, -0.1) is 0 Å². The summed E-state index contributed by atoms with van der Waals surface area (Å²) in [7, 11) is 1.15. The van der Waals surface area contributed by atoms with Gasteiger partial charge in [-0.05, 0) is 57.8 Å². The van der Waals surface area contributed by atoms with Crippen molar-refractivity contribution in [1.82, 2.24) is 0 Å². The SMILES string of the molecule is CCCC/C=C/CCCCCCCC(=O)OC[C@H](COP(=O)([O-])OCC[N+](C)(C)C)OC(=O)CCCCC/C=C/CCCCCCCC. The topological polar surface area (TPSA) is 111 Å². The first kappa shape index (κ1) is 46.5. The van der Waals surface area contributed by atoms with E-state index in [4.69, 9.17) is 18.5 Å². The van der Waals surface area contributed by atoms with Crippen molar-refractivity contribution in [1.29, 1.82) is 0 Å². The van der Waals surface area contributed by atoms with E-state index in [1.165, 1.54) is 51.4 Å². The van der Waals surface area contributed by atoms with Crippen LogP contribution in [0.1, 0.15) is 155 Å². The molecule has 0 fully saturated rings. The van der Waals surface area contributed by atoms with Crippen LogP contribution in [0.4, 0.5) is 0 Å².